The predicted octanol–water partition coefficient (Wildman–Crippen LogP) is 5.31. The summed E-state index contributed by atoms with van der Waals surface area (Å²) in [6.07, 6.45) is 1.78. The number of hydrogen-bond donors (Lipinski definition) is 0. The van der Waals surface area contributed by atoms with Gasteiger partial charge in [-0.05, 0) is 43.7 Å². The highest BCUT2D eigenvalue weighted by molar-refractivity contribution is 6.31. The minimum absolute atomic E-state index is 0.331. The smallest absolute Gasteiger partial charge is 0.228 e. The molecule has 2 aromatic carbocycles. The van der Waals surface area contributed by atoms with Crippen LogP contribution >= 0.6 is 11.6 Å². The Morgan fingerprint density at radius 2 is 1.73 bits per heavy atom. The average molecular weight is 365 g/mol. The van der Waals surface area contributed by atoms with Crippen LogP contribution in [0.25, 0.3) is 10.9 Å². The van der Waals surface area contributed by atoms with Crippen molar-refractivity contribution in [2.24, 2.45) is 0 Å². The Kier molecular flexibility index (Phi) is 3.64. The molecule has 0 bridgehead atoms. The van der Waals surface area contributed by atoms with Crippen LogP contribution in [0.2, 0.25) is 5.02 Å². The van der Waals surface area contributed by atoms with Gasteiger partial charge in [-0.25, -0.2) is 0 Å². The first-order chi connectivity index (χ1) is 12.2. The van der Waals surface area contributed by atoms with E-state index in [9.17, 15) is 5.21 Å². The second-order valence-electron chi connectivity index (χ2n) is 7.93. The SMILES string of the molecule is CC1(C)c2ccc(Cl)cc2C(c2cnc3ccccc3c2)=[N+]([O-])C1(C)C. The van der Waals surface area contributed by atoms with Crippen LogP contribution in [0.5, 0.6) is 0 Å². The minimum atomic E-state index is -0.616. The van der Waals surface area contributed by atoms with E-state index in [1.54, 1.807) is 6.20 Å². The number of hydrogen-bond acceptors (Lipinski definition) is 2. The van der Waals surface area contributed by atoms with Crippen LogP contribution in [0.1, 0.15) is 44.4 Å². The average Bonchev–Trinajstić information content (AvgIpc) is 2.60. The van der Waals surface area contributed by atoms with Crippen molar-refractivity contribution in [1.29, 1.82) is 0 Å². The summed E-state index contributed by atoms with van der Waals surface area (Å²) < 4.78 is 1.14. The van der Waals surface area contributed by atoms with Gasteiger partial charge in [-0.2, -0.15) is 4.74 Å². The summed E-state index contributed by atoms with van der Waals surface area (Å²) in [7, 11) is 0. The van der Waals surface area contributed by atoms with Gasteiger partial charge < -0.3 is 5.21 Å². The highest BCUT2D eigenvalue weighted by atomic mass is 35.5. The van der Waals surface area contributed by atoms with Crippen LogP contribution in [-0.4, -0.2) is 21.0 Å². The molecule has 0 amide bonds. The Bertz CT molecular complexity index is 1070. The molecule has 1 aliphatic heterocycles. The summed E-state index contributed by atoms with van der Waals surface area (Å²) in [6, 6.07) is 15.8. The fourth-order valence-corrected chi connectivity index (χ4v) is 3.88. The molecule has 0 radical (unpaired) electrons. The van der Waals surface area contributed by atoms with Gasteiger partial charge in [0.05, 0.1) is 22.1 Å². The zero-order valence-corrected chi connectivity index (χ0v) is 16.1. The lowest BCUT2D eigenvalue weighted by atomic mass is 9.65. The maximum absolute atomic E-state index is 13.5. The number of rotatable bonds is 1. The van der Waals surface area contributed by atoms with Crippen LogP contribution in [0.3, 0.4) is 0 Å². The number of pyridine rings is 1. The lowest BCUT2D eigenvalue weighted by Crippen LogP contribution is -2.55. The zero-order chi connectivity index (χ0) is 18.7. The first-order valence-corrected chi connectivity index (χ1v) is 9.11. The van der Waals surface area contributed by atoms with Gasteiger partial charge in [0.1, 0.15) is 0 Å². The quantitative estimate of drug-likeness (QED) is 0.433. The maximum atomic E-state index is 13.5. The van der Waals surface area contributed by atoms with E-state index in [1.165, 1.54) is 0 Å². The Morgan fingerprint density at radius 1 is 1.00 bits per heavy atom. The van der Waals surface area contributed by atoms with Gasteiger partial charge in [0.25, 0.3) is 0 Å². The monoisotopic (exact) mass is 364 g/mol. The van der Waals surface area contributed by atoms with Gasteiger partial charge in [-0.15, -0.1) is 0 Å². The molecule has 4 heteroatoms. The fraction of sp³-hybridized carbons (Fsp3) is 0.273. The van der Waals surface area contributed by atoms with Crippen molar-refractivity contribution in [3.8, 4) is 0 Å². The Balaban J connectivity index is 2.06. The lowest BCUT2D eigenvalue weighted by Gasteiger charge is -2.44. The molecule has 0 fully saturated rings. The van der Waals surface area contributed by atoms with E-state index in [0.717, 1.165) is 32.3 Å². The number of fused-ring (bicyclic) bond motifs is 2. The number of benzene rings is 2. The number of halogens is 1. The Hall–Kier alpha value is -2.39. The van der Waals surface area contributed by atoms with E-state index in [4.69, 9.17) is 11.6 Å². The van der Waals surface area contributed by atoms with Gasteiger partial charge in [0, 0.05) is 30.5 Å². The lowest BCUT2D eigenvalue weighted by molar-refractivity contribution is -0.555. The second-order valence-corrected chi connectivity index (χ2v) is 8.37. The fourth-order valence-electron chi connectivity index (χ4n) is 3.70. The van der Waals surface area contributed by atoms with Crippen molar-refractivity contribution in [2.75, 3.05) is 0 Å². The number of aromatic nitrogens is 1. The Morgan fingerprint density at radius 3 is 2.50 bits per heavy atom. The van der Waals surface area contributed by atoms with Crippen molar-refractivity contribution >= 4 is 28.2 Å². The number of para-hydroxylation sites is 1. The minimum Gasteiger partial charge on any atom is -0.623 e. The molecule has 0 aliphatic carbocycles. The van der Waals surface area contributed by atoms with Gasteiger partial charge in [0.2, 0.25) is 5.71 Å². The van der Waals surface area contributed by atoms with Gasteiger partial charge in [-0.1, -0.05) is 35.9 Å². The predicted molar refractivity (Wildman–Crippen MR) is 107 cm³/mol. The first-order valence-electron chi connectivity index (χ1n) is 8.73. The van der Waals surface area contributed by atoms with Crippen molar-refractivity contribution in [3.05, 3.63) is 81.6 Å². The third-order valence-corrected chi connectivity index (χ3v) is 6.25. The van der Waals surface area contributed by atoms with Gasteiger partial charge in [-0.3, -0.25) is 4.98 Å². The Labute approximate surface area is 158 Å². The molecule has 0 unspecified atom stereocenters. The molecule has 0 atom stereocenters. The number of hydroxylamine groups is 1. The molecule has 4 rings (SSSR count). The van der Waals surface area contributed by atoms with E-state index in [2.05, 4.69) is 18.8 Å². The third kappa shape index (κ3) is 2.27. The van der Waals surface area contributed by atoms with Crippen molar-refractivity contribution in [2.45, 2.75) is 38.6 Å². The van der Waals surface area contributed by atoms with E-state index in [1.807, 2.05) is 62.4 Å². The van der Waals surface area contributed by atoms with Crippen LogP contribution in [-0.2, 0) is 5.41 Å². The molecule has 3 aromatic rings. The summed E-state index contributed by atoms with van der Waals surface area (Å²) >= 11 is 6.29. The summed E-state index contributed by atoms with van der Waals surface area (Å²) in [6.45, 7) is 8.21. The molecule has 26 heavy (non-hydrogen) atoms. The summed E-state index contributed by atoms with van der Waals surface area (Å²) in [4.78, 5) is 4.55. The molecular formula is C22H21ClN2O. The van der Waals surface area contributed by atoms with Crippen LogP contribution in [0.4, 0.5) is 0 Å². The first kappa shape index (κ1) is 17.0. The topological polar surface area (TPSA) is 39.0 Å². The van der Waals surface area contributed by atoms with Crippen molar-refractivity contribution in [1.82, 2.24) is 4.98 Å². The zero-order valence-electron chi connectivity index (χ0n) is 15.4. The molecule has 0 N–H and O–H groups in total. The van der Waals surface area contributed by atoms with Crippen molar-refractivity contribution < 1.29 is 4.74 Å². The van der Waals surface area contributed by atoms with E-state index < -0.39 is 5.54 Å². The molecular weight excluding hydrogens is 344 g/mol. The van der Waals surface area contributed by atoms with E-state index in [0.29, 0.717) is 10.7 Å². The summed E-state index contributed by atoms with van der Waals surface area (Å²) in [5.41, 5.74) is 3.42. The molecule has 0 saturated heterocycles. The normalized spacial score (nSPS) is 18.0. The summed E-state index contributed by atoms with van der Waals surface area (Å²) in [5.74, 6) is 0. The molecule has 0 saturated carbocycles. The second kappa shape index (κ2) is 5.55. The van der Waals surface area contributed by atoms with Crippen molar-refractivity contribution in [3.63, 3.8) is 0 Å². The maximum Gasteiger partial charge on any atom is 0.228 e. The molecule has 1 aliphatic rings. The highest BCUT2D eigenvalue weighted by Crippen LogP contribution is 2.44. The van der Waals surface area contributed by atoms with Crippen LogP contribution in [0.15, 0.2) is 54.7 Å². The van der Waals surface area contributed by atoms with Crippen LogP contribution < -0.4 is 0 Å². The largest absolute Gasteiger partial charge is 0.623 e. The standard InChI is InChI=1S/C22H21ClN2O/c1-21(2)18-10-9-16(23)12-17(18)20(25(26)22(21,3)4)15-11-14-7-5-6-8-19(14)24-13-15/h5-13H,1-4H3. The van der Waals surface area contributed by atoms with Gasteiger partial charge in [0.15, 0.2) is 5.54 Å². The third-order valence-electron chi connectivity index (χ3n) is 6.01. The number of nitrogens with zero attached hydrogens (tertiary/aromatic N) is 2. The molecule has 1 aromatic heterocycles. The van der Waals surface area contributed by atoms with E-state index in [-0.39, 0.29) is 5.41 Å². The molecule has 0 spiro atoms. The molecule has 2 heterocycles. The van der Waals surface area contributed by atoms with E-state index >= 15 is 0 Å². The summed E-state index contributed by atoms with van der Waals surface area (Å²) in [5, 5.41) is 15.1. The van der Waals surface area contributed by atoms with Crippen LogP contribution in [0, 0.1) is 5.21 Å². The van der Waals surface area contributed by atoms with Gasteiger partial charge >= 0.3 is 0 Å². The molecule has 132 valence electrons. The molecule has 3 nitrogen and oxygen atoms in total. The highest BCUT2D eigenvalue weighted by Gasteiger charge is 2.52.